The molecule has 0 aromatic heterocycles. The molecular weight excluding hydrogens is 304 g/mol. The number of amides is 3. The van der Waals surface area contributed by atoms with E-state index in [1.54, 1.807) is 11.4 Å². The third kappa shape index (κ3) is 6.25. The van der Waals surface area contributed by atoms with Gasteiger partial charge in [0.15, 0.2) is 18.1 Å². The molecular formula is C15H20N2O6. The number of nitrogens with one attached hydrogen (secondary N) is 1. The Morgan fingerprint density at radius 1 is 1.22 bits per heavy atom. The summed E-state index contributed by atoms with van der Waals surface area (Å²) >= 11 is 0. The van der Waals surface area contributed by atoms with Crippen LogP contribution in [0.5, 0.6) is 11.5 Å². The summed E-state index contributed by atoms with van der Waals surface area (Å²) in [5, 5.41) is 1.79. The van der Waals surface area contributed by atoms with E-state index in [-0.39, 0.29) is 5.56 Å². The predicted octanol–water partition coefficient (Wildman–Crippen LogP) is 1.08. The Kier molecular flexibility index (Phi) is 6.85. The van der Waals surface area contributed by atoms with Gasteiger partial charge < -0.3 is 19.9 Å². The smallest absolute Gasteiger partial charge is 0.338 e. The molecule has 0 heterocycles. The summed E-state index contributed by atoms with van der Waals surface area (Å²) in [6, 6.07) is 3.51. The van der Waals surface area contributed by atoms with Crippen LogP contribution < -0.4 is 20.5 Å². The van der Waals surface area contributed by atoms with Crippen LogP contribution in [0, 0.1) is 5.92 Å². The van der Waals surface area contributed by atoms with Crippen molar-refractivity contribution in [2.75, 3.05) is 20.3 Å². The number of rotatable bonds is 7. The lowest BCUT2D eigenvalue weighted by Gasteiger charge is -2.13. The average molecular weight is 324 g/mol. The molecule has 126 valence electrons. The van der Waals surface area contributed by atoms with Crippen LogP contribution in [-0.2, 0) is 9.53 Å². The fourth-order valence-electron chi connectivity index (χ4n) is 1.56. The summed E-state index contributed by atoms with van der Waals surface area (Å²) in [5.41, 5.74) is 4.96. The van der Waals surface area contributed by atoms with Gasteiger partial charge in [0.1, 0.15) is 0 Å². The van der Waals surface area contributed by atoms with Crippen LogP contribution in [0.4, 0.5) is 4.79 Å². The molecule has 1 aromatic rings. The summed E-state index contributed by atoms with van der Waals surface area (Å²) in [5.74, 6) is -0.327. The Labute approximate surface area is 133 Å². The lowest BCUT2D eigenvalue weighted by Crippen LogP contribution is -2.37. The zero-order chi connectivity index (χ0) is 17.4. The van der Waals surface area contributed by atoms with E-state index in [1.807, 2.05) is 13.8 Å². The first-order chi connectivity index (χ1) is 10.8. The first-order valence-corrected chi connectivity index (χ1v) is 6.90. The van der Waals surface area contributed by atoms with Crippen molar-refractivity contribution in [3.63, 3.8) is 0 Å². The minimum absolute atomic E-state index is 0.186. The Bertz CT molecular complexity index is 585. The van der Waals surface area contributed by atoms with Crippen LogP contribution in [-0.4, -0.2) is 38.2 Å². The van der Waals surface area contributed by atoms with Crippen molar-refractivity contribution in [2.24, 2.45) is 11.7 Å². The zero-order valence-corrected chi connectivity index (χ0v) is 13.3. The Hall–Kier alpha value is -2.77. The molecule has 0 radical (unpaired) electrons. The summed E-state index contributed by atoms with van der Waals surface area (Å²) in [7, 11) is 1.45. The number of ether oxygens (including phenoxy) is 3. The molecule has 0 unspecified atom stereocenters. The molecule has 23 heavy (non-hydrogen) atoms. The van der Waals surface area contributed by atoms with Gasteiger partial charge in [-0.2, -0.15) is 0 Å². The number of urea groups is 1. The second-order valence-corrected chi connectivity index (χ2v) is 5.06. The number of methoxy groups -OCH3 is 1. The lowest BCUT2D eigenvalue weighted by molar-refractivity contribution is -0.123. The summed E-state index contributed by atoms with van der Waals surface area (Å²) in [4.78, 5) is 33.5. The molecule has 1 aromatic carbocycles. The average Bonchev–Trinajstić information content (AvgIpc) is 2.49. The standard InChI is InChI=1S/C15H20N2O6/c1-9(2)7-22-11-5-4-10(6-12(11)21-3)14(19)23-8-13(18)17-15(16)20/h4-6,9H,7-8H2,1-3H3,(H3,16,17,18,20). The van der Waals surface area contributed by atoms with Crippen LogP contribution >= 0.6 is 0 Å². The van der Waals surface area contributed by atoms with Crippen molar-refractivity contribution < 1.29 is 28.6 Å². The van der Waals surface area contributed by atoms with Gasteiger partial charge in [-0.15, -0.1) is 0 Å². The molecule has 3 N–H and O–H groups in total. The third-order valence-electron chi connectivity index (χ3n) is 2.57. The highest BCUT2D eigenvalue weighted by molar-refractivity contribution is 5.96. The first-order valence-electron chi connectivity index (χ1n) is 6.90. The summed E-state index contributed by atoms with van der Waals surface area (Å²) in [6.45, 7) is 3.91. The molecule has 1 rings (SSSR count). The van der Waals surface area contributed by atoms with Crippen molar-refractivity contribution in [1.29, 1.82) is 0 Å². The Morgan fingerprint density at radius 3 is 2.48 bits per heavy atom. The molecule has 0 saturated carbocycles. The quantitative estimate of drug-likeness (QED) is 0.725. The van der Waals surface area contributed by atoms with E-state index < -0.39 is 24.5 Å². The highest BCUT2D eigenvalue weighted by Crippen LogP contribution is 2.28. The molecule has 8 nitrogen and oxygen atoms in total. The Balaban J connectivity index is 2.70. The van der Waals surface area contributed by atoms with E-state index in [9.17, 15) is 14.4 Å². The Morgan fingerprint density at radius 2 is 1.91 bits per heavy atom. The number of carbonyl (C=O) groups excluding carboxylic acids is 3. The van der Waals surface area contributed by atoms with Crippen molar-refractivity contribution in [3.05, 3.63) is 23.8 Å². The van der Waals surface area contributed by atoms with E-state index in [2.05, 4.69) is 0 Å². The van der Waals surface area contributed by atoms with Crippen LogP contribution in [0.15, 0.2) is 18.2 Å². The van der Waals surface area contributed by atoms with Gasteiger partial charge in [-0.3, -0.25) is 10.1 Å². The van der Waals surface area contributed by atoms with Gasteiger partial charge in [0.25, 0.3) is 5.91 Å². The van der Waals surface area contributed by atoms with E-state index in [0.29, 0.717) is 24.0 Å². The van der Waals surface area contributed by atoms with Crippen molar-refractivity contribution in [2.45, 2.75) is 13.8 Å². The second-order valence-electron chi connectivity index (χ2n) is 5.06. The molecule has 0 fully saturated rings. The maximum atomic E-state index is 11.9. The maximum Gasteiger partial charge on any atom is 0.338 e. The minimum Gasteiger partial charge on any atom is -0.493 e. The molecule has 0 spiro atoms. The first kappa shape index (κ1) is 18.3. The van der Waals surface area contributed by atoms with E-state index >= 15 is 0 Å². The highest BCUT2D eigenvalue weighted by atomic mass is 16.5. The largest absolute Gasteiger partial charge is 0.493 e. The van der Waals surface area contributed by atoms with Gasteiger partial charge in [0, 0.05) is 0 Å². The number of carbonyl (C=O) groups is 3. The van der Waals surface area contributed by atoms with Gasteiger partial charge in [-0.05, 0) is 24.1 Å². The van der Waals surface area contributed by atoms with Gasteiger partial charge in [0.2, 0.25) is 0 Å². The van der Waals surface area contributed by atoms with Gasteiger partial charge >= 0.3 is 12.0 Å². The van der Waals surface area contributed by atoms with Crippen LogP contribution in [0.2, 0.25) is 0 Å². The van der Waals surface area contributed by atoms with E-state index in [0.717, 1.165) is 0 Å². The van der Waals surface area contributed by atoms with Crippen molar-refractivity contribution in [3.8, 4) is 11.5 Å². The van der Waals surface area contributed by atoms with Gasteiger partial charge in [-0.25, -0.2) is 9.59 Å². The second kappa shape index (κ2) is 8.62. The molecule has 0 bridgehead atoms. The van der Waals surface area contributed by atoms with Crippen molar-refractivity contribution >= 4 is 17.9 Å². The number of benzene rings is 1. The molecule has 0 aliphatic carbocycles. The zero-order valence-electron chi connectivity index (χ0n) is 13.3. The number of nitrogens with two attached hydrogens (primary N) is 1. The van der Waals surface area contributed by atoms with Crippen LogP contribution in [0.3, 0.4) is 0 Å². The third-order valence-corrected chi connectivity index (χ3v) is 2.57. The summed E-state index contributed by atoms with van der Waals surface area (Å²) < 4.78 is 15.5. The minimum atomic E-state index is -1.01. The van der Waals surface area contributed by atoms with Crippen molar-refractivity contribution in [1.82, 2.24) is 5.32 Å². The molecule has 0 aliphatic heterocycles. The molecule has 8 heteroatoms. The van der Waals surface area contributed by atoms with Crippen LogP contribution in [0.1, 0.15) is 24.2 Å². The number of hydrogen-bond acceptors (Lipinski definition) is 6. The fourth-order valence-corrected chi connectivity index (χ4v) is 1.56. The highest BCUT2D eigenvalue weighted by Gasteiger charge is 2.14. The molecule has 3 amide bonds. The van der Waals surface area contributed by atoms with E-state index in [1.165, 1.54) is 19.2 Å². The van der Waals surface area contributed by atoms with Gasteiger partial charge in [-0.1, -0.05) is 13.8 Å². The molecule has 0 saturated heterocycles. The SMILES string of the molecule is COc1cc(C(=O)OCC(=O)NC(N)=O)ccc1OCC(C)C. The van der Waals surface area contributed by atoms with Crippen LogP contribution in [0.25, 0.3) is 0 Å². The van der Waals surface area contributed by atoms with Gasteiger partial charge in [0.05, 0.1) is 19.3 Å². The lowest BCUT2D eigenvalue weighted by atomic mass is 10.2. The topological polar surface area (TPSA) is 117 Å². The number of hydrogen-bond donors (Lipinski definition) is 2. The molecule has 0 atom stereocenters. The normalized spacial score (nSPS) is 10.1. The number of esters is 1. The monoisotopic (exact) mass is 324 g/mol. The molecule has 0 aliphatic rings. The summed E-state index contributed by atoms with van der Waals surface area (Å²) in [6.07, 6.45) is 0. The maximum absolute atomic E-state index is 11.9. The predicted molar refractivity (Wildman–Crippen MR) is 81.3 cm³/mol. The number of primary amides is 1. The van der Waals surface area contributed by atoms with E-state index in [4.69, 9.17) is 19.9 Å². The number of imide groups is 1. The fraction of sp³-hybridized carbons (Fsp3) is 0.400.